The third-order valence-corrected chi connectivity index (χ3v) is 2.33. The monoisotopic (exact) mass is 228 g/mol. The number of hydrogen-bond acceptors (Lipinski definition) is 5. The van der Waals surface area contributed by atoms with Crippen molar-refractivity contribution < 1.29 is 0 Å². The second-order valence-corrected chi connectivity index (χ2v) is 3.53. The normalized spacial score (nSPS) is 10.9. The number of aryl methyl sites for hydroxylation is 1. The molecule has 7 heteroatoms. The first-order chi connectivity index (χ1) is 8.25. The fourth-order valence-electron chi connectivity index (χ4n) is 1.60. The first kappa shape index (κ1) is 9.64. The maximum absolute atomic E-state index is 11.7. The minimum absolute atomic E-state index is 0.206. The summed E-state index contributed by atoms with van der Waals surface area (Å²) in [5, 5.41) is 12.2. The minimum Gasteiger partial charge on any atom is -0.310 e. The van der Waals surface area contributed by atoms with Crippen molar-refractivity contribution in [1.29, 1.82) is 0 Å². The Morgan fingerprint density at radius 1 is 1.41 bits per heavy atom. The predicted molar refractivity (Wildman–Crippen MR) is 59.8 cm³/mol. The van der Waals surface area contributed by atoms with Gasteiger partial charge in [0.25, 0.3) is 5.56 Å². The molecule has 0 aliphatic rings. The standard InChI is InChI=1S/C10H8N6O/c1-6-13-9-7(10(17)14-6)5-12-16(9)8-3-2-4-11-15-8/h2-5H,1H3,(H,13,14,17). The Bertz CT molecular complexity index is 729. The Morgan fingerprint density at radius 3 is 3.06 bits per heavy atom. The Morgan fingerprint density at radius 2 is 2.29 bits per heavy atom. The van der Waals surface area contributed by atoms with Gasteiger partial charge in [-0.25, -0.2) is 4.98 Å². The van der Waals surface area contributed by atoms with Crippen LogP contribution >= 0.6 is 0 Å². The van der Waals surface area contributed by atoms with E-state index in [-0.39, 0.29) is 5.56 Å². The van der Waals surface area contributed by atoms with Gasteiger partial charge >= 0.3 is 0 Å². The van der Waals surface area contributed by atoms with Gasteiger partial charge in [0.2, 0.25) is 0 Å². The van der Waals surface area contributed by atoms with E-state index in [1.165, 1.54) is 10.9 Å². The summed E-state index contributed by atoms with van der Waals surface area (Å²) in [7, 11) is 0. The molecule has 0 saturated heterocycles. The van der Waals surface area contributed by atoms with Crippen LogP contribution in [0.25, 0.3) is 16.9 Å². The van der Waals surface area contributed by atoms with Crippen molar-refractivity contribution in [3.05, 3.63) is 40.7 Å². The van der Waals surface area contributed by atoms with Crippen molar-refractivity contribution in [1.82, 2.24) is 29.9 Å². The molecule has 84 valence electrons. The van der Waals surface area contributed by atoms with E-state index in [9.17, 15) is 4.79 Å². The fourth-order valence-corrected chi connectivity index (χ4v) is 1.60. The zero-order valence-electron chi connectivity index (χ0n) is 8.95. The van der Waals surface area contributed by atoms with Crippen molar-refractivity contribution >= 4 is 11.0 Å². The van der Waals surface area contributed by atoms with Crippen LogP contribution in [-0.2, 0) is 0 Å². The summed E-state index contributed by atoms with van der Waals surface area (Å²) >= 11 is 0. The summed E-state index contributed by atoms with van der Waals surface area (Å²) in [6.45, 7) is 1.72. The van der Waals surface area contributed by atoms with Gasteiger partial charge in [0.1, 0.15) is 11.2 Å². The molecule has 0 atom stereocenters. The number of fused-ring (bicyclic) bond motifs is 1. The quantitative estimate of drug-likeness (QED) is 0.643. The third-order valence-electron chi connectivity index (χ3n) is 2.33. The lowest BCUT2D eigenvalue weighted by Gasteiger charge is -2.00. The van der Waals surface area contributed by atoms with Crippen LogP contribution in [0.5, 0.6) is 0 Å². The number of nitrogens with zero attached hydrogens (tertiary/aromatic N) is 5. The summed E-state index contributed by atoms with van der Waals surface area (Å²) in [5.41, 5.74) is 0.273. The molecule has 17 heavy (non-hydrogen) atoms. The van der Waals surface area contributed by atoms with Crippen LogP contribution in [0.1, 0.15) is 5.82 Å². The number of rotatable bonds is 1. The number of H-pyrrole nitrogens is 1. The molecule has 1 N–H and O–H groups in total. The van der Waals surface area contributed by atoms with E-state index in [0.29, 0.717) is 22.7 Å². The van der Waals surface area contributed by atoms with E-state index in [1.54, 1.807) is 25.3 Å². The van der Waals surface area contributed by atoms with Crippen LogP contribution in [0, 0.1) is 6.92 Å². The van der Waals surface area contributed by atoms with Gasteiger partial charge in [-0.15, -0.1) is 5.10 Å². The minimum atomic E-state index is -0.206. The molecule has 3 aromatic rings. The maximum atomic E-state index is 11.7. The van der Waals surface area contributed by atoms with Gasteiger partial charge in [0.15, 0.2) is 11.5 Å². The van der Waals surface area contributed by atoms with Crippen molar-refractivity contribution in [2.45, 2.75) is 6.92 Å². The number of aromatic amines is 1. The summed E-state index contributed by atoms with van der Waals surface area (Å²) in [4.78, 5) is 18.5. The molecule has 0 aliphatic heterocycles. The van der Waals surface area contributed by atoms with Gasteiger partial charge in [0.05, 0.1) is 6.20 Å². The molecule has 0 amide bonds. The summed E-state index contributed by atoms with van der Waals surface area (Å²) < 4.78 is 1.49. The molecule has 0 radical (unpaired) electrons. The molecule has 0 aromatic carbocycles. The van der Waals surface area contributed by atoms with E-state index in [0.717, 1.165) is 0 Å². The summed E-state index contributed by atoms with van der Waals surface area (Å²) in [5.74, 6) is 1.06. The van der Waals surface area contributed by atoms with Gasteiger partial charge in [-0.3, -0.25) is 4.79 Å². The molecular formula is C10H8N6O. The van der Waals surface area contributed by atoms with Gasteiger partial charge in [-0.1, -0.05) is 0 Å². The Kier molecular flexibility index (Phi) is 1.97. The Labute approximate surface area is 95.2 Å². The van der Waals surface area contributed by atoms with Gasteiger partial charge in [-0.05, 0) is 19.1 Å². The molecule has 3 aromatic heterocycles. The lowest BCUT2D eigenvalue weighted by molar-refractivity contribution is 0.824. The molecule has 3 rings (SSSR count). The molecular weight excluding hydrogens is 220 g/mol. The zero-order chi connectivity index (χ0) is 11.8. The van der Waals surface area contributed by atoms with Crippen molar-refractivity contribution in [3.8, 4) is 5.82 Å². The Balaban J connectivity index is 2.36. The van der Waals surface area contributed by atoms with Crippen molar-refractivity contribution in [2.75, 3.05) is 0 Å². The van der Waals surface area contributed by atoms with Gasteiger partial charge < -0.3 is 4.98 Å². The fraction of sp³-hybridized carbons (Fsp3) is 0.100. The largest absolute Gasteiger partial charge is 0.310 e. The number of hydrogen-bond donors (Lipinski definition) is 1. The topological polar surface area (TPSA) is 89.3 Å². The average Bonchev–Trinajstić information content (AvgIpc) is 2.74. The molecule has 0 bridgehead atoms. The van der Waals surface area contributed by atoms with Crippen LogP contribution < -0.4 is 5.56 Å². The van der Waals surface area contributed by atoms with Gasteiger partial charge in [0, 0.05) is 6.20 Å². The van der Waals surface area contributed by atoms with Crippen molar-refractivity contribution in [3.63, 3.8) is 0 Å². The molecule has 0 spiro atoms. The number of nitrogens with one attached hydrogen (secondary N) is 1. The highest BCUT2D eigenvalue weighted by molar-refractivity contribution is 5.74. The van der Waals surface area contributed by atoms with E-state index in [4.69, 9.17) is 0 Å². The highest BCUT2D eigenvalue weighted by Crippen LogP contribution is 2.10. The molecule has 3 heterocycles. The lowest BCUT2D eigenvalue weighted by Crippen LogP contribution is -2.10. The van der Waals surface area contributed by atoms with E-state index < -0.39 is 0 Å². The molecule has 0 fully saturated rings. The second-order valence-electron chi connectivity index (χ2n) is 3.53. The predicted octanol–water partition coefficient (Wildman–Crippen LogP) is 0.207. The number of aromatic nitrogens is 6. The van der Waals surface area contributed by atoms with Crippen LogP contribution in [0.3, 0.4) is 0 Å². The van der Waals surface area contributed by atoms with Crippen LogP contribution in [0.4, 0.5) is 0 Å². The average molecular weight is 228 g/mol. The van der Waals surface area contributed by atoms with Crippen LogP contribution in [0.15, 0.2) is 29.3 Å². The SMILES string of the molecule is Cc1nc2c(cnn2-c2cccnn2)c(=O)[nH]1. The second kappa shape index (κ2) is 3.48. The van der Waals surface area contributed by atoms with Crippen LogP contribution in [-0.4, -0.2) is 29.9 Å². The zero-order valence-corrected chi connectivity index (χ0v) is 8.95. The van der Waals surface area contributed by atoms with E-state index in [2.05, 4.69) is 25.3 Å². The third kappa shape index (κ3) is 1.48. The highest BCUT2D eigenvalue weighted by atomic mass is 16.1. The molecule has 7 nitrogen and oxygen atoms in total. The van der Waals surface area contributed by atoms with E-state index >= 15 is 0 Å². The molecule has 0 aliphatic carbocycles. The first-order valence-corrected chi connectivity index (χ1v) is 4.98. The maximum Gasteiger partial charge on any atom is 0.262 e. The van der Waals surface area contributed by atoms with Crippen LogP contribution in [0.2, 0.25) is 0 Å². The van der Waals surface area contributed by atoms with Gasteiger partial charge in [-0.2, -0.15) is 14.9 Å². The highest BCUT2D eigenvalue weighted by Gasteiger charge is 2.10. The summed E-state index contributed by atoms with van der Waals surface area (Å²) in [6, 6.07) is 3.49. The summed E-state index contributed by atoms with van der Waals surface area (Å²) in [6.07, 6.45) is 3.04. The smallest absolute Gasteiger partial charge is 0.262 e. The van der Waals surface area contributed by atoms with Crippen molar-refractivity contribution in [2.24, 2.45) is 0 Å². The molecule has 0 saturated carbocycles. The molecule has 0 unspecified atom stereocenters. The Hall–Kier alpha value is -2.57. The first-order valence-electron chi connectivity index (χ1n) is 4.98. The van der Waals surface area contributed by atoms with E-state index in [1.807, 2.05) is 0 Å². The lowest BCUT2D eigenvalue weighted by atomic mass is 10.4.